The highest BCUT2D eigenvalue weighted by atomic mass is 16.4. The largest absolute Gasteiger partial charge is 0.480 e. The predicted octanol–water partition coefficient (Wildman–Crippen LogP) is 1.56. The van der Waals surface area contributed by atoms with Gasteiger partial charge in [0.1, 0.15) is 5.54 Å². The molecule has 0 bridgehead atoms. The van der Waals surface area contributed by atoms with Gasteiger partial charge in [0.2, 0.25) is 0 Å². The summed E-state index contributed by atoms with van der Waals surface area (Å²) in [4.78, 5) is 14.0. The number of rotatable bonds is 8. The molecule has 2 rings (SSSR count). The van der Waals surface area contributed by atoms with Gasteiger partial charge in [0.05, 0.1) is 0 Å². The Balaban J connectivity index is 2.03. The third-order valence-corrected chi connectivity index (χ3v) is 3.99. The smallest absolute Gasteiger partial charge is 0.325 e. The van der Waals surface area contributed by atoms with Gasteiger partial charge in [-0.2, -0.15) is 0 Å². The van der Waals surface area contributed by atoms with Crippen LogP contribution >= 0.6 is 0 Å². The molecule has 0 amide bonds. The molecule has 0 radical (unpaired) electrons. The quantitative estimate of drug-likeness (QED) is 0.690. The van der Waals surface area contributed by atoms with Crippen LogP contribution in [-0.4, -0.2) is 47.7 Å². The van der Waals surface area contributed by atoms with E-state index in [2.05, 4.69) is 17.3 Å². The topological polar surface area (TPSA) is 52.6 Å². The molecule has 4 nitrogen and oxygen atoms in total. The van der Waals surface area contributed by atoms with Gasteiger partial charge in [0, 0.05) is 19.1 Å². The van der Waals surface area contributed by atoms with Crippen molar-refractivity contribution in [2.75, 3.05) is 20.1 Å². The Kier molecular flexibility index (Phi) is 3.97. The van der Waals surface area contributed by atoms with Gasteiger partial charge in [0.15, 0.2) is 0 Å². The third-order valence-electron chi connectivity index (χ3n) is 3.99. The van der Waals surface area contributed by atoms with Gasteiger partial charge < -0.3 is 10.0 Å². The van der Waals surface area contributed by atoms with Crippen molar-refractivity contribution in [3.05, 3.63) is 0 Å². The fourth-order valence-corrected chi connectivity index (χ4v) is 2.92. The molecule has 1 unspecified atom stereocenters. The summed E-state index contributed by atoms with van der Waals surface area (Å²) in [5, 5.41) is 13.0. The van der Waals surface area contributed by atoms with E-state index in [0.717, 1.165) is 25.3 Å². The second-order valence-electron chi connectivity index (χ2n) is 6.49. The molecule has 0 aromatic carbocycles. The highest BCUT2D eigenvalue weighted by Gasteiger charge is 2.52. The summed E-state index contributed by atoms with van der Waals surface area (Å²) in [6, 6.07) is 0.205. The van der Waals surface area contributed by atoms with Crippen LogP contribution in [0.15, 0.2) is 0 Å². The number of nitrogens with zero attached hydrogens (tertiary/aromatic N) is 1. The minimum Gasteiger partial charge on any atom is -0.480 e. The lowest BCUT2D eigenvalue weighted by Crippen LogP contribution is -2.62. The van der Waals surface area contributed by atoms with Crippen LogP contribution in [0, 0.1) is 11.8 Å². The van der Waals surface area contributed by atoms with Crippen molar-refractivity contribution >= 4 is 5.97 Å². The van der Waals surface area contributed by atoms with Gasteiger partial charge >= 0.3 is 5.97 Å². The van der Waals surface area contributed by atoms with E-state index in [9.17, 15) is 9.90 Å². The van der Waals surface area contributed by atoms with Crippen molar-refractivity contribution in [1.29, 1.82) is 0 Å². The van der Waals surface area contributed by atoms with E-state index in [1.165, 1.54) is 12.8 Å². The summed E-state index contributed by atoms with van der Waals surface area (Å²) in [6.45, 7) is 5.73. The van der Waals surface area contributed by atoms with E-state index in [4.69, 9.17) is 0 Å². The SMILES string of the molecule is CC(C)NC(CN(C)CC1CC1)(C(=O)O)C1CC1. The molecule has 2 aliphatic rings. The van der Waals surface area contributed by atoms with Gasteiger partial charge in [-0.15, -0.1) is 0 Å². The average molecular weight is 254 g/mol. The summed E-state index contributed by atoms with van der Waals surface area (Å²) in [7, 11) is 2.06. The minimum atomic E-state index is -0.738. The van der Waals surface area contributed by atoms with Crippen molar-refractivity contribution in [2.24, 2.45) is 11.8 Å². The maximum atomic E-state index is 11.8. The van der Waals surface area contributed by atoms with Crippen LogP contribution in [0.2, 0.25) is 0 Å². The number of likely N-dealkylation sites (N-methyl/N-ethyl adjacent to an activating group) is 1. The molecule has 2 fully saturated rings. The number of carboxylic acids is 1. The maximum absolute atomic E-state index is 11.8. The molecular weight excluding hydrogens is 228 g/mol. The molecule has 1 atom stereocenters. The van der Waals surface area contributed by atoms with Gasteiger partial charge in [-0.1, -0.05) is 0 Å². The van der Waals surface area contributed by atoms with E-state index >= 15 is 0 Å². The Hall–Kier alpha value is -0.610. The molecule has 18 heavy (non-hydrogen) atoms. The van der Waals surface area contributed by atoms with E-state index in [0.29, 0.717) is 12.5 Å². The Labute approximate surface area is 110 Å². The molecule has 0 aromatic heterocycles. The Morgan fingerprint density at radius 1 is 1.39 bits per heavy atom. The Morgan fingerprint density at radius 3 is 2.39 bits per heavy atom. The van der Waals surface area contributed by atoms with Gasteiger partial charge in [0.25, 0.3) is 0 Å². The monoisotopic (exact) mass is 254 g/mol. The van der Waals surface area contributed by atoms with Gasteiger partial charge in [-0.25, -0.2) is 0 Å². The van der Waals surface area contributed by atoms with E-state index in [-0.39, 0.29) is 6.04 Å². The summed E-state index contributed by atoms with van der Waals surface area (Å²) < 4.78 is 0. The number of nitrogens with one attached hydrogen (secondary N) is 1. The van der Waals surface area contributed by atoms with E-state index in [1.54, 1.807) is 0 Å². The van der Waals surface area contributed by atoms with Crippen LogP contribution in [-0.2, 0) is 4.79 Å². The fraction of sp³-hybridized carbons (Fsp3) is 0.929. The van der Waals surface area contributed by atoms with Crippen LogP contribution in [0.1, 0.15) is 39.5 Å². The lowest BCUT2D eigenvalue weighted by molar-refractivity contribution is -0.147. The molecule has 0 aromatic rings. The Bertz CT molecular complexity index is 311. The molecule has 0 spiro atoms. The number of hydrogen-bond donors (Lipinski definition) is 2. The zero-order chi connectivity index (χ0) is 13.3. The first-order valence-corrected chi connectivity index (χ1v) is 7.13. The summed E-state index contributed by atoms with van der Waals surface area (Å²) >= 11 is 0. The summed E-state index contributed by atoms with van der Waals surface area (Å²) in [5.41, 5.74) is -0.738. The van der Waals surface area contributed by atoms with Crippen molar-refractivity contribution in [3.63, 3.8) is 0 Å². The Morgan fingerprint density at radius 2 is 2.00 bits per heavy atom. The maximum Gasteiger partial charge on any atom is 0.325 e. The van der Waals surface area contributed by atoms with Crippen LogP contribution in [0.4, 0.5) is 0 Å². The molecule has 2 saturated carbocycles. The molecule has 4 heteroatoms. The fourth-order valence-electron chi connectivity index (χ4n) is 2.92. The lowest BCUT2D eigenvalue weighted by Gasteiger charge is -2.36. The second kappa shape index (κ2) is 5.17. The highest BCUT2D eigenvalue weighted by molar-refractivity contribution is 5.80. The van der Waals surface area contributed by atoms with Crippen LogP contribution < -0.4 is 5.32 Å². The normalized spacial score (nSPS) is 23.4. The van der Waals surface area contributed by atoms with Gasteiger partial charge in [-0.3, -0.25) is 10.1 Å². The summed E-state index contributed by atoms with van der Waals surface area (Å²) in [6.07, 6.45) is 4.71. The van der Waals surface area contributed by atoms with Gasteiger partial charge in [-0.05, 0) is 58.4 Å². The third kappa shape index (κ3) is 3.23. The second-order valence-corrected chi connectivity index (χ2v) is 6.49. The van der Waals surface area contributed by atoms with E-state index in [1.807, 2.05) is 13.8 Å². The van der Waals surface area contributed by atoms with Crippen molar-refractivity contribution in [2.45, 2.75) is 51.1 Å². The molecule has 0 heterocycles. The molecular formula is C14H26N2O2. The van der Waals surface area contributed by atoms with Crippen LogP contribution in [0.3, 0.4) is 0 Å². The molecule has 2 aliphatic carbocycles. The minimum absolute atomic E-state index is 0.205. The van der Waals surface area contributed by atoms with Crippen molar-refractivity contribution in [3.8, 4) is 0 Å². The standard InChI is InChI=1S/C14H26N2O2/c1-10(2)15-14(13(17)18,12-6-7-12)9-16(3)8-11-4-5-11/h10-12,15H,4-9H2,1-3H3,(H,17,18). The van der Waals surface area contributed by atoms with Crippen molar-refractivity contribution in [1.82, 2.24) is 10.2 Å². The molecule has 104 valence electrons. The number of carbonyl (C=O) groups is 1. The van der Waals surface area contributed by atoms with Crippen molar-refractivity contribution < 1.29 is 9.90 Å². The average Bonchev–Trinajstić information content (AvgIpc) is 3.09. The molecule has 0 saturated heterocycles. The van der Waals surface area contributed by atoms with Crippen LogP contribution in [0.25, 0.3) is 0 Å². The zero-order valence-electron chi connectivity index (χ0n) is 11.8. The first kappa shape index (κ1) is 13.8. The predicted molar refractivity (Wildman–Crippen MR) is 71.6 cm³/mol. The van der Waals surface area contributed by atoms with Crippen LogP contribution in [0.5, 0.6) is 0 Å². The first-order valence-electron chi connectivity index (χ1n) is 7.13. The molecule has 0 aliphatic heterocycles. The number of carboxylic acid groups (broad SMARTS) is 1. The number of hydrogen-bond acceptors (Lipinski definition) is 3. The van der Waals surface area contributed by atoms with E-state index < -0.39 is 11.5 Å². The summed E-state index contributed by atoms with van der Waals surface area (Å²) in [5.74, 6) is 0.431. The highest BCUT2D eigenvalue weighted by Crippen LogP contribution is 2.41. The molecule has 2 N–H and O–H groups in total. The zero-order valence-corrected chi connectivity index (χ0v) is 11.8. The first-order chi connectivity index (χ1) is 8.44. The lowest BCUT2D eigenvalue weighted by atomic mass is 9.91. The number of aliphatic carboxylic acids is 1.